The maximum Gasteiger partial charge on any atom is 0.130 e. The molecule has 2 rings (SSSR count). The third kappa shape index (κ3) is 2.86. The second kappa shape index (κ2) is 5.51. The molecule has 0 spiro atoms. The lowest BCUT2D eigenvalue weighted by molar-refractivity contribution is 0.0352. The van der Waals surface area contributed by atoms with Gasteiger partial charge in [-0.25, -0.2) is 0 Å². The third-order valence-electron chi connectivity index (χ3n) is 3.17. The van der Waals surface area contributed by atoms with Crippen molar-refractivity contribution in [2.45, 2.75) is 51.9 Å². The molecular weight excluding hydrogens is 202 g/mol. The molecule has 1 N–H and O–H groups in total. The number of rotatable bonds is 5. The van der Waals surface area contributed by atoms with Crippen molar-refractivity contribution >= 4 is 0 Å². The molecule has 1 heterocycles. The zero-order chi connectivity index (χ0) is 11.4. The molecule has 16 heavy (non-hydrogen) atoms. The SMILES string of the molecule is CNCc1oc(COC2CCCC2)cc1C. The molecule has 0 bridgehead atoms. The highest BCUT2D eigenvalue weighted by atomic mass is 16.5. The Bertz CT molecular complexity index is 327. The van der Waals surface area contributed by atoms with E-state index >= 15 is 0 Å². The van der Waals surface area contributed by atoms with Gasteiger partial charge in [0.05, 0.1) is 12.6 Å². The van der Waals surface area contributed by atoms with Gasteiger partial charge >= 0.3 is 0 Å². The van der Waals surface area contributed by atoms with Crippen molar-refractivity contribution in [1.29, 1.82) is 0 Å². The van der Waals surface area contributed by atoms with Crippen molar-refractivity contribution in [3.8, 4) is 0 Å². The van der Waals surface area contributed by atoms with Gasteiger partial charge < -0.3 is 14.5 Å². The lowest BCUT2D eigenvalue weighted by Gasteiger charge is -2.08. The average Bonchev–Trinajstić information content (AvgIpc) is 2.87. The Morgan fingerprint density at radius 2 is 2.19 bits per heavy atom. The molecule has 1 aliphatic carbocycles. The highest BCUT2D eigenvalue weighted by Crippen LogP contribution is 2.23. The Hall–Kier alpha value is -0.800. The maximum atomic E-state index is 5.82. The van der Waals surface area contributed by atoms with E-state index in [4.69, 9.17) is 9.15 Å². The smallest absolute Gasteiger partial charge is 0.130 e. The molecule has 0 aliphatic heterocycles. The van der Waals surface area contributed by atoms with Crippen LogP contribution in [0.3, 0.4) is 0 Å². The van der Waals surface area contributed by atoms with Gasteiger partial charge in [0.2, 0.25) is 0 Å². The molecule has 1 aromatic heterocycles. The van der Waals surface area contributed by atoms with E-state index in [1.807, 2.05) is 7.05 Å². The minimum Gasteiger partial charge on any atom is -0.462 e. The Balaban J connectivity index is 1.86. The lowest BCUT2D eigenvalue weighted by Crippen LogP contribution is -2.06. The molecule has 90 valence electrons. The molecule has 0 unspecified atom stereocenters. The summed E-state index contributed by atoms with van der Waals surface area (Å²) >= 11 is 0. The zero-order valence-electron chi connectivity index (χ0n) is 10.2. The van der Waals surface area contributed by atoms with E-state index in [-0.39, 0.29) is 0 Å². The summed E-state index contributed by atoms with van der Waals surface area (Å²) < 4.78 is 11.5. The molecule has 0 saturated heterocycles. The van der Waals surface area contributed by atoms with Crippen LogP contribution >= 0.6 is 0 Å². The molecule has 1 aromatic rings. The fourth-order valence-corrected chi connectivity index (χ4v) is 2.25. The molecule has 0 amide bonds. The lowest BCUT2D eigenvalue weighted by atomic mass is 10.2. The minimum atomic E-state index is 0.457. The Morgan fingerprint density at radius 1 is 1.44 bits per heavy atom. The molecule has 0 radical (unpaired) electrons. The topological polar surface area (TPSA) is 34.4 Å². The van der Waals surface area contributed by atoms with Crippen LogP contribution in [-0.4, -0.2) is 13.2 Å². The van der Waals surface area contributed by atoms with Crippen molar-refractivity contribution in [1.82, 2.24) is 5.32 Å². The van der Waals surface area contributed by atoms with Gasteiger partial charge in [-0.15, -0.1) is 0 Å². The van der Waals surface area contributed by atoms with Crippen LogP contribution in [0.25, 0.3) is 0 Å². The van der Waals surface area contributed by atoms with Gasteiger partial charge in [0, 0.05) is 0 Å². The van der Waals surface area contributed by atoms with Crippen molar-refractivity contribution in [3.05, 3.63) is 23.2 Å². The summed E-state index contributed by atoms with van der Waals surface area (Å²) in [5.41, 5.74) is 1.21. The highest BCUT2D eigenvalue weighted by molar-refractivity contribution is 5.19. The first-order valence-corrected chi connectivity index (χ1v) is 6.14. The van der Waals surface area contributed by atoms with E-state index in [0.29, 0.717) is 12.7 Å². The van der Waals surface area contributed by atoms with Crippen molar-refractivity contribution in [2.75, 3.05) is 7.05 Å². The first kappa shape index (κ1) is 11.7. The predicted octanol–water partition coefficient (Wildman–Crippen LogP) is 2.77. The van der Waals surface area contributed by atoms with Crippen LogP contribution < -0.4 is 5.32 Å². The molecule has 1 aliphatic rings. The van der Waals surface area contributed by atoms with Crippen LogP contribution in [0.5, 0.6) is 0 Å². The summed E-state index contributed by atoms with van der Waals surface area (Å²) in [4.78, 5) is 0. The van der Waals surface area contributed by atoms with Crippen LogP contribution in [0.15, 0.2) is 10.5 Å². The van der Waals surface area contributed by atoms with Gasteiger partial charge in [-0.2, -0.15) is 0 Å². The van der Waals surface area contributed by atoms with Crippen molar-refractivity contribution < 1.29 is 9.15 Å². The fraction of sp³-hybridized carbons (Fsp3) is 0.692. The van der Waals surface area contributed by atoms with Gasteiger partial charge in [-0.05, 0) is 38.4 Å². The van der Waals surface area contributed by atoms with E-state index < -0.39 is 0 Å². The quantitative estimate of drug-likeness (QED) is 0.833. The monoisotopic (exact) mass is 223 g/mol. The average molecular weight is 223 g/mol. The van der Waals surface area contributed by atoms with Crippen LogP contribution in [0.1, 0.15) is 42.8 Å². The number of aryl methyl sites for hydroxylation is 1. The van der Waals surface area contributed by atoms with E-state index in [1.54, 1.807) is 0 Å². The van der Waals surface area contributed by atoms with Crippen LogP contribution in [0, 0.1) is 6.92 Å². The van der Waals surface area contributed by atoms with Gasteiger partial charge in [-0.1, -0.05) is 12.8 Å². The Labute approximate surface area is 97.2 Å². The van der Waals surface area contributed by atoms with Gasteiger partial charge in [0.1, 0.15) is 18.1 Å². The number of nitrogens with one attached hydrogen (secondary N) is 1. The van der Waals surface area contributed by atoms with E-state index in [0.717, 1.165) is 18.1 Å². The van der Waals surface area contributed by atoms with Crippen molar-refractivity contribution in [3.63, 3.8) is 0 Å². The molecule has 3 nitrogen and oxygen atoms in total. The predicted molar refractivity (Wildman–Crippen MR) is 63.3 cm³/mol. The first-order valence-electron chi connectivity index (χ1n) is 6.14. The van der Waals surface area contributed by atoms with Gasteiger partial charge in [-0.3, -0.25) is 0 Å². The summed E-state index contributed by atoms with van der Waals surface area (Å²) in [6.45, 7) is 3.49. The van der Waals surface area contributed by atoms with Gasteiger partial charge in [0.15, 0.2) is 0 Å². The second-order valence-electron chi connectivity index (χ2n) is 4.57. The summed E-state index contributed by atoms with van der Waals surface area (Å²) in [6, 6.07) is 2.08. The maximum absolute atomic E-state index is 5.82. The third-order valence-corrected chi connectivity index (χ3v) is 3.17. The van der Waals surface area contributed by atoms with E-state index in [1.165, 1.54) is 31.2 Å². The summed E-state index contributed by atoms with van der Waals surface area (Å²) in [5.74, 6) is 1.97. The fourth-order valence-electron chi connectivity index (χ4n) is 2.25. The Kier molecular flexibility index (Phi) is 4.02. The standard InChI is InChI=1S/C13H21NO2/c1-10-7-12(16-13(10)8-14-2)9-15-11-5-3-4-6-11/h7,11,14H,3-6,8-9H2,1-2H3. The summed E-state index contributed by atoms with van der Waals surface area (Å²) in [5, 5.41) is 3.10. The molecule has 3 heteroatoms. The highest BCUT2D eigenvalue weighted by Gasteiger charge is 2.16. The number of furan rings is 1. The van der Waals surface area contributed by atoms with E-state index in [2.05, 4.69) is 18.3 Å². The summed E-state index contributed by atoms with van der Waals surface area (Å²) in [7, 11) is 1.93. The molecule has 1 saturated carbocycles. The first-order chi connectivity index (χ1) is 7.79. The van der Waals surface area contributed by atoms with Gasteiger partial charge in [0.25, 0.3) is 0 Å². The molecular formula is C13H21NO2. The number of hydrogen-bond acceptors (Lipinski definition) is 3. The number of hydrogen-bond donors (Lipinski definition) is 1. The Morgan fingerprint density at radius 3 is 2.88 bits per heavy atom. The summed E-state index contributed by atoms with van der Waals surface area (Å²) in [6.07, 6.45) is 5.50. The van der Waals surface area contributed by atoms with Crippen LogP contribution in [0.4, 0.5) is 0 Å². The minimum absolute atomic E-state index is 0.457. The molecule has 1 fully saturated rings. The largest absolute Gasteiger partial charge is 0.462 e. The number of ether oxygens (including phenoxy) is 1. The molecule has 0 atom stereocenters. The second-order valence-corrected chi connectivity index (χ2v) is 4.57. The normalized spacial score (nSPS) is 17.1. The van der Waals surface area contributed by atoms with E-state index in [9.17, 15) is 0 Å². The van der Waals surface area contributed by atoms with Crippen LogP contribution in [0.2, 0.25) is 0 Å². The molecule has 0 aromatic carbocycles. The van der Waals surface area contributed by atoms with Crippen LogP contribution in [-0.2, 0) is 17.9 Å². The van der Waals surface area contributed by atoms with Crippen molar-refractivity contribution in [2.24, 2.45) is 0 Å². The zero-order valence-corrected chi connectivity index (χ0v) is 10.2.